The molecule has 68 valence electrons. The molecule has 1 saturated heterocycles. The Morgan fingerprint density at radius 2 is 1.92 bits per heavy atom. The van der Waals surface area contributed by atoms with E-state index in [1.807, 2.05) is 5.01 Å². The lowest BCUT2D eigenvalue weighted by Crippen LogP contribution is -2.44. The number of primary amides is 1. The fourth-order valence-electron chi connectivity index (χ4n) is 2.48. The monoisotopic (exact) mass is 169 g/mol. The van der Waals surface area contributed by atoms with E-state index < -0.39 is 6.03 Å². The third-order valence-electron chi connectivity index (χ3n) is 2.99. The molecule has 4 nitrogen and oxygen atoms in total. The van der Waals surface area contributed by atoms with Crippen LogP contribution in [0.1, 0.15) is 19.3 Å². The van der Waals surface area contributed by atoms with Gasteiger partial charge in [-0.15, -0.1) is 0 Å². The number of nitrogens with zero attached hydrogens (tertiary/aromatic N) is 1. The Kier molecular flexibility index (Phi) is 1.92. The number of amides is 2. The van der Waals surface area contributed by atoms with Crippen molar-refractivity contribution in [3.05, 3.63) is 0 Å². The van der Waals surface area contributed by atoms with Gasteiger partial charge in [0.15, 0.2) is 0 Å². The van der Waals surface area contributed by atoms with Gasteiger partial charge in [-0.3, -0.25) is 5.43 Å². The Morgan fingerprint density at radius 1 is 1.33 bits per heavy atom. The third-order valence-corrected chi connectivity index (χ3v) is 2.99. The number of carbonyl (C=O) groups is 1. The SMILES string of the molecule is NC(=O)NN1CC2CCCC2C1. The zero-order valence-electron chi connectivity index (χ0n) is 7.12. The quantitative estimate of drug-likeness (QED) is 0.593. The van der Waals surface area contributed by atoms with Gasteiger partial charge in [-0.1, -0.05) is 6.42 Å². The molecule has 0 bridgehead atoms. The molecule has 0 radical (unpaired) electrons. The third kappa shape index (κ3) is 1.39. The normalized spacial score (nSPS) is 35.0. The van der Waals surface area contributed by atoms with Crippen molar-refractivity contribution >= 4 is 6.03 Å². The lowest BCUT2D eigenvalue weighted by Gasteiger charge is -2.15. The van der Waals surface area contributed by atoms with Crippen molar-refractivity contribution in [3.8, 4) is 0 Å². The highest BCUT2D eigenvalue weighted by molar-refractivity contribution is 5.70. The molecule has 0 aromatic carbocycles. The lowest BCUT2D eigenvalue weighted by atomic mass is 10.0. The smallest absolute Gasteiger partial charge is 0.326 e. The van der Waals surface area contributed by atoms with Crippen LogP contribution < -0.4 is 11.2 Å². The molecule has 4 heteroatoms. The van der Waals surface area contributed by atoms with Crippen molar-refractivity contribution in [2.45, 2.75) is 19.3 Å². The van der Waals surface area contributed by atoms with Gasteiger partial charge in [-0.25, -0.2) is 9.80 Å². The molecule has 0 aromatic heterocycles. The topological polar surface area (TPSA) is 58.4 Å². The van der Waals surface area contributed by atoms with E-state index in [9.17, 15) is 4.79 Å². The van der Waals surface area contributed by atoms with Crippen molar-refractivity contribution in [3.63, 3.8) is 0 Å². The Balaban J connectivity index is 1.86. The highest BCUT2D eigenvalue weighted by atomic mass is 16.2. The maximum Gasteiger partial charge on any atom is 0.326 e. The fraction of sp³-hybridized carbons (Fsp3) is 0.875. The summed E-state index contributed by atoms with van der Waals surface area (Å²) >= 11 is 0. The lowest BCUT2D eigenvalue weighted by molar-refractivity contribution is 0.198. The van der Waals surface area contributed by atoms with E-state index in [0.29, 0.717) is 0 Å². The number of rotatable bonds is 1. The predicted octanol–water partition coefficient (Wildman–Crippen LogP) is 0.302. The first kappa shape index (κ1) is 7.86. The minimum Gasteiger partial charge on any atom is -0.351 e. The largest absolute Gasteiger partial charge is 0.351 e. The van der Waals surface area contributed by atoms with Crippen LogP contribution in [0.4, 0.5) is 4.79 Å². The van der Waals surface area contributed by atoms with Gasteiger partial charge in [0.05, 0.1) is 0 Å². The Labute approximate surface area is 72.1 Å². The molecule has 2 unspecified atom stereocenters. The molecule has 2 amide bonds. The Morgan fingerprint density at radius 3 is 2.42 bits per heavy atom. The molecule has 1 saturated carbocycles. The van der Waals surface area contributed by atoms with Crippen LogP contribution in [-0.4, -0.2) is 24.1 Å². The van der Waals surface area contributed by atoms with Crippen molar-refractivity contribution in [1.29, 1.82) is 0 Å². The van der Waals surface area contributed by atoms with Crippen LogP contribution in [0.3, 0.4) is 0 Å². The molecule has 0 aromatic rings. The first-order valence-corrected chi connectivity index (χ1v) is 4.57. The van der Waals surface area contributed by atoms with Crippen molar-refractivity contribution in [2.75, 3.05) is 13.1 Å². The Bertz CT molecular complexity index is 183. The van der Waals surface area contributed by atoms with Gasteiger partial charge in [0.25, 0.3) is 0 Å². The molecular formula is C8H15N3O. The summed E-state index contributed by atoms with van der Waals surface area (Å²) in [5.41, 5.74) is 7.67. The van der Waals surface area contributed by atoms with Crippen molar-refractivity contribution < 1.29 is 4.79 Å². The summed E-state index contributed by atoms with van der Waals surface area (Å²) < 4.78 is 0. The minimum atomic E-state index is -0.435. The summed E-state index contributed by atoms with van der Waals surface area (Å²) in [5.74, 6) is 1.61. The van der Waals surface area contributed by atoms with E-state index >= 15 is 0 Å². The van der Waals surface area contributed by atoms with Crippen LogP contribution in [0.25, 0.3) is 0 Å². The second-order valence-electron chi connectivity index (χ2n) is 3.83. The molecule has 1 aliphatic heterocycles. The second kappa shape index (κ2) is 2.94. The molecule has 12 heavy (non-hydrogen) atoms. The van der Waals surface area contributed by atoms with Crippen LogP contribution in [0, 0.1) is 11.8 Å². The van der Waals surface area contributed by atoms with Gasteiger partial charge < -0.3 is 5.73 Å². The average molecular weight is 169 g/mol. The molecule has 1 aliphatic carbocycles. The molecule has 2 aliphatic rings. The maximum absolute atomic E-state index is 10.5. The van der Waals surface area contributed by atoms with Crippen LogP contribution in [0.15, 0.2) is 0 Å². The first-order chi connectivity index (χ1) is 5.75. The highest BCUT2D eigenvalue weighted by Gasteiger charge is 2.36. The highest BCUT2D eigenvalue weighted by Crippen LogP contribution is 2.36. The first-order valence-electron chi connectivity index (χ1n) is 4.57. The zero-order chi connectivity index (χ0) is 8.55. The van der Waals surface area contributed by atoms with Crippen LogP contribution >= 0.6 is 0 Å². The number of hydrogen-bond acceptors (Lipinski definition) is 2. The van der Waals surface area contributed by atoms with E-state index in [4.69, 9.17) is 5.73 Å². The number of nitrogens with two attached hydrogens (primary N) is 1. The summed E-state index contributed by atoms with van der Waals surface area (Å²) in [4.78, 5) is 10.5. The van der Waals surface area contributed by atoms with Gasteiger partial charge in [0.1, 0.15) is 0 Å². The minimum absolute atomic E-state index is 0.435. The summed E-state index contributed by atoms with van der Waals surface area (Å²) in [6.45, 7) is 1.99. The number of nitrogens with one attached hydrogen (secondary N) is 1. The van der Waals surface area contributed by atoms with Gasteiger partial charge >= 0.3 is 6.03 Å². The molecular weight excluding hydrogens is 154 g/mol. The van der Waals surface area contributed by atoms with Crippen molar-refractivity contribution in [1.82, 2.24) is 10.4 Å². The van der Waals surface area contributed by atoms with E-state index in [1.165, 1.54) is 19.3 Å². The molecule has 0 spiro atoms. The molecule has 2 fully saturated rings. The number of carbonyl (C=O) groups excluding carboxylic acids is 1. The van der Waals surface area contributed by atoms with Gasteiger partial charge in [-0.2, -0.15) is 0 Å². The van der Waals surface area contributed by atoms with Gasteiger partial charge in [0, 0.05) is 13.1 Å². The standard InChI is InChI=1S/C8H15N3O/c9-8(12)10-11-4-6-2-1-3-7(6)5-11/h6-7H,1-5H2,(H3,9,10,12). The van der Waals surface area contributed by atoms with Crippen LogP contribution in [0.2, 0.25) is 0 Å². The van der Waals surface area contributed by atoms with E-state index in [-0.39, 0.29) is 0 Å². The summed E-state index contributed by atoms with van der Waals surface area (Å²) in [5, 5.41) is 1.96. The molecule has 2 rings (SSSR count). The Hall–Kier alpha value is -0.770. The number of hydrazine groups is 1. The van der Waals surface area contributed by atoms with Crippen LogP contribution in [-0.2, 0) is 0 Å². The zero-order valence-corrected chi connectivity index (χ0v) is 7.12. The second-order valence-corrected chi connectivity index (χ2v) is 3.83. The van der Waals surface area contributed by atoms with Crippen molar-refractivity contribution in [2.24, 2.45) is 17.6 Å². The average Bonchev–Trinajstić information content (AvgIpc) is 2.43. The number of fused-ring (bicyclic) bond motifs is 1. The summed E-state index contributed by atoms with van der Waals surface area (Å²) in [6, 6.07) is -0.435. The summed E-state index contributed by atoms with van der Waals surface area (Å²) in [6.07, 6.45) is 4.00. The van der Waals surface area contributed by atoms with E-state index in [0.717, 1.165) is 24.9 Å². The number of urea groups is 1. The van der Waals surface area contributed by atoms with E-state index in [2.05, 4.69) is 5.43 Å². The molecule has 1 heterocycles. The maximum atomic E-state index is 10.5. The molecule has 3 N–H and O–H groups in total. The number of hydrogen-bond donors (Lipinski definition) is 2. The fourth-order valence-corrected chi connectivity index (χ4v) is 2.48. The van der Waals surface area contributed by atoms with Gasteiger partial charge in [0.2, 0.25) is 0 Å². The van der Waals surface area contributed by atoms with E-state index in [1.54, 1.807) is 0 Å². The summed E-state index contributed by atoms with van der Waals surface area (Å²) in [7, 11) is 0. The predicted molar refractivity (Wildman–Crippen MR) is 45.1 cm³/mol. The molecule has 2 atom stereocenters. The van der Waals surface area contributed by atoms with Crippen LogP contribution in [0.5, 0.6) is 0 Å². The van der Waals surface area contributed by atoms with Gasteiger partial charge in [-0.05, 0) is 24.7 Å².